The molecule has 4 nitrogen and oxygen atoms in total. The van der Waals surface area contributed by atoms with Crippen molar-refractivity contribution in [3.05, 3.63) is 58.9 Å². The minimum absolute atomic E-state index is 0.153. The fraction of sp³-hybridized carbons (Fsp3) is 0.267. The molecule has 2 rings (SSSR count). The van der Waals surface area contributed by atoms with E-state index in [1.807, 2.05) is 30.3 Å². The molecule has 2 aromatic rings. The first-order valence-electron chi connectivity index (χ1n) is 6.49. The number of amides is 1. The van der Waals surface area contributed by atoms with Gasteiger partial charge in [0.05, 0.1) is 11.6 Å². The molecule has 1 amide bonds. The van der Waals surface area contributed by atoms with Crippen molar-refractivity contribution < 1.29 is 9.53 Å². The molecule has 0 spiro atoms. The predicted octanol–water partition coefficient (Wildman–Crippen LogP) is 3.00. The van der Waals surface area contributed by atoms with E-state index in [0.29, 0.717) is 30.5 Å². The first-order chi connectivity index (χ1) is 9.75. The third kappa shape index (κ3) is 4.72. The molecule has 20 heavy (non-hydrogen) atoms. The molecule has 0 atom stereocenters. The van der Waals surface area contributed by atoms with Crippen LogP contribution in [0, 0.1) is 0 Å². The van der Waals surface area contributed by atoms with Crippen LogP contribution in [-0.4, -0.2) is 24.0 Å². The Hall–Kier alpha value is -1.78. The van der Waals surface area contributed by atoms with Crippen molar-refractivity contribution in [2.24, 2.45) is 0 Å². The molecule has 0 saturated carbocycles. The van der Waals surface area contributed by atoms with Gasteiger partial charge in [-0.15, -0.1) is 0 Å². The highest BCUT2D eigenvalue weighted by Crippen LogP contribution is 2.08. The minimum Gasteiger partial charge on any atom is -0.377 e. The van der Waals surface area contributed by atoms with E-state index in [9.17, 15) is 4.79 Å². The molecule has 0 aliphatic heterocycles. The van der Waals surface area contributed by atoms with E-state index in [-0.39, 0.29) is 5.91 Å². The number of carbonyl (C=O) groups excluding carboxylic acids is 1. The van der Waals surface area contributed by atoms with Gasteiger partial charge in [-0.3, -0.25) is 4.79 Å². The SMILES string of the molecule is O=C(NCCCOCc1ccccc1)c1cc(Cl)c[nH]1. The number of hydrogen-bond acceptors (Lipinski definition) is 2. The van der Waals surface area contributed by atoms with E-state index < -0.39 is 0 Å². The van der Waals surface area contributed by atoms with Crippen molar-refractivity contribution in [3.63, 3.8) is 0 Å². The molecule has 1 aromatic carbocycles. The summed E-state index contributed by atoms with van der Waals surface area (Å²) in [6.45, 7) is 1.78. The van der Waals surface area contributed by atoms with Crippen molar-refractivity contribution in [1.82, 2.24) is 10.3 Å². The molecule has 106 valence electrons. The van der Waals surface area contributed by atoms with Gasteiger partial charge in [0, 0.05) is 19.3 Å². The number of ether oxygens (including phenoxy) is 1. The van der Waals surface area contributed by atoms with Gasteiger partial charge in [0.15, 0.2) is 0 Å². The van der Waals surface area contributed by atoms with Crippen LogP contribution in [0.5, 0.6) is 0 Å². The lowest BCUT2D eigenvalue weighted by atomic mass is 10.2. The fourth-order valence-electron chi connectivity index (χ4n) is 1.73. The maximum Gasteiger partial charge on any atom is 0.267 e. The summed E-state index contributed by atoms with van der Waals surface area (Å²) in [5, 5.41) is 3.33. The number of H-pyrrole nitrogens is 1. The maximum atomic E-state index is 11.7. The zero-order valence-electron chi connectivity index (χ0n) is 11.1. The standard InChI is InChI=1S/C15H17ClN2O2/c16-13-9-14(18-10-13)15(19)17-7-4-8-20-11-12-5-2-1-3-6-12/h1-3,5-6,9-10,18H,4,7-8,11H2,(H,17,19). The molecule has 1 heterocycles. The van der Waals surface area contributed by atoms with Crippen LogP contribution in [0.4, 0.5) is 0 Å². The lowest BCUT2D eigenvalue weighted by Gasteiger charge is -2.05. The quantitative estimate of drug-likeness (QED) is 0.771. The Morgan fingerprint density at radius 1 is 1.30 bits per heavy atom. The van der Waals surface area contributed by atoms with Crippen LogP contribution in [0.25, 0.3) is 0 Å². The zero-order chi connectivity index (χ0) is 14.2. The third-order valence-electron chi connectivity index (χ3n) is 2.75. The summed E-state index contributed by atoms with van der Waals surface area (Å²) in [6, 6.07) is 11.6. The van der Waals surface area contributed by atoms with Crippen molar-refractivity contribution in [1.29, 1.82) is 0 Å². The average molecular weight is 293 g/mol. The first kappa shape index (κ1) is 14.6. The van der Waals surface area contributed by atoms with Crippen LogP contribution >= 0.6 is 11.6 Å². The summed E-state index contributed by atoms with van der Waals surface area (Å²) >= 11 is 5.73. The number of aromatic nitrogens is 1. The van der Waals surface area contributed by atoms with Crippen molar-refractivity contribution >= 4 is 17.5 Å². The molecular weight excluding hydrogens is 276 g/mol. The molecule has 0 radical (unpaired) electrons. The maximum absolute atomic E-state index is 11.7. The molecule has 5 heteroatoms. The summed E-state index contributed by atoms with van der Waals surface area (Å²) in [5.41, 5.74) is 1.62. The number of benzene rings is 1. The van der Waals surface area contributed by atoms with Crippen LogP contribution in [0.1, 0.15) is 22.5 Å². The average Bonchev–Trinajstić information content (AvgIpc) is 2.90. The summed E-state index contributed by atoms with van der Waals surface area (Å²) in [4.78, 5) is 14.5. The Labute approximate surface area is 123 Å². The second-order valence-electron chi connectivity index (χ2n) is 4.38. The summed E-state index contributed by atoms with van der Waals surface area (Å²) in [5.74, 6) is -0.153. The second-order valence-corrected chi connectivity index (χ2v) is 4.82. The molecule has 2 N–H and O–H groups in total. The molecule has 0 aliphatic rings. The molecule has 0 bridgehead atoms. The fourth-order valence-corrected chi connectivity index (χ4v) is 1.90. The van der Waals surface area contributed by atoms with Gasteiger partial charge in [-0.2, -0.15) is 0 Å². The van der Waals surface area contributed by atoms with Crippen LogP contribution < -0.4 is 5.32 Å². The van der Waals surface area contributed by atoms with Crippen molar-refractivity contribution in [2.45, 2.75) is 13.0 Å². The van der Waals surface area contributed by atoms with Gasteiger partial charge in [-0.1, -0.05) is 41.9 Å². The van der Waals surface area contributed by atoms with E-state index >= 15 is 0 Å². The largest absolute Gasteiger partial charge is 0.377 e. The van der Waals surface area contributed by atoms with Crippen molar-refractivity contribution in [3.8, 4) is 0 Å². The van der Waals surface area contributed by atoms with E-state index in [1.165, 1.54) is 0 Å². The lowest BCUT2D eigenvalue weighted by Crippen LogP contribution is -2.25. The van der Waals surface area contributed by atoms with Crippen molar-refractivity contribution in [2.75, 3.05) is 13.2 Å². The van der Waals surface area contributed by atoms with E-state index in [2.05, 4.69) is 10.3 Å². The summed E-state index contributed by atoms with van der Waals surface area (Å²) in [7, 11) is 0. The highest BCUT2D eigenvalue weighted by molar-refractivity contribution is 6.30. The van der Waals surface area contributed by atoms with Gasteiger partial charge >= 0.3 is 0 Å². The van der Waals surface area contributed by atoms with Crippen LogP contribution in [-0.2, 0) is 11.3 Å². The lowest BCUT2D eigenvalue weighted by molar-refractivity contribution is 0.0930. The summed E-state index contributed by atoms with van der Waals surface area (Å²) < 4.78 is 5.53. The second kappa shape index (κ2) is 7.72. The smallest absolute Gasteiger partial charge is 0.267 e. The van der Waals surface area contributed by atoms with Gasteiger partial charge in [-0.25, -0.2) is 0 Å². The number of rotatable bonds is 7. The monoisotopic (exact) mass is 292 g/mol. The molecule has 0 unspecified atom stereocenters. The predicted molar refractivity (Wildman–Crippen MR) is 78.9 cm³/mol. The highest BCUT2D eigenvalue weighted by atomic mass is 35.5. The Morgan fingerprint density at radius 3 is 2.80 bits per heavy atom. The van der Waals surface area contributed by atoms with Crippen LogP contribution in [0.15, 0.2) is 42.6 Å². The van der Waals surface area contributed by atoms with Gasteiger partial charge in [0.2, 0.25) is 0 Å². The number of halogens is 1. The Bertz CT molecular complexity index is 540. The Balaban J connectivity index is 1.57. The topological polar surface area (TPSA) is 54.1 Å². The van der Waals surface area contributed by atoms with Crippen LogP contribution in [0.2, 0.25) is 5.02 Å². The number of carbonyl (C=O) groups is 1. The highest BCUT2D eigenvalue weighted by Gasteiger charge is 2.06. The van der Waals surface area contributed by atoms with E-state index in [0.717, 1.165) is 12.0 Å². The number of hydrogen-bond donors (Lipinski definition) is 2. The Morgan fingerprint density at radius 2 is 2.10 bits per heavy atom. The third-order valence-corrected chi connectivity index (χ3v) is 2.97. The van der Waals surface area contributed by atoms with Gasteiger partial charge in [0.1, 0.15) is 5.69 Å². The number of nitrogens with one attached hydrogen (secondary N) is 2. The summed E-state index contributed by atoms with van der Waals surface area (Å²) in [6.07, 6.45) is 2.35. The van der Waals surface area contributed by atoms with Gasteiger partial charge in [-0.05, 0) is 18.1 Å². The van der Waals surface area contributed by atoms with Gasteiger partial charge in [0.25, 0.3) is 5.91 Å². The normalized spacial score (nSPS) is 10.4. The number of aromatic amines is 1. The first-order valence-corrected chi connectivity index (χ1v) is 6.87. The molecular formula is C15H17ClN2O2. The molecule has 0 aliphatic carbocycles. The van der Waals surface area contributed by atoms with Gasteiger partial charge < -0.3 is 15.0 Å². The minimum atomic E-state index is -0.153. The van der Waals surface area contributed by atoms with E-state index in [1.54, 1.807) is 12.3 Å². The zero-order valence-corrected chi connectivity index (χ0v) is 11.8. The Kier molecular flexibility index (Phi) is 5.65. The molecule has 1 aromatic heterocycles. The molecule has 0 saturated heterocycles. The van der Waals surface area contributed by atoms with Crippen LogP contribution in [0.3, 0.4) is 0 Å². The molecule has 0 fully saturated rings. The van der Waals surface area contributed by atoms with E-state index in [4.69, 9.17) is 16.3 Å².